The predicted octanol–water partition coefficient (Wildman–Crippen LogP) is 2.93. The molecular formula is C19H23F3N4O4. The van der Waals surface area contributed by atoms with E-state index in [0.29, 0.717) is 25.6 Å². The molecule has 2 amide bonds. The number of hydrogen-bond donors (Lipinski definition) is 2. The Morgan fingerprint density at radius 3 is 2.60 bits per heavy atom. The van der Waals surface area contributed by atoms with Gasteiger partial charge in [0, 0.05) is 38.2 Å². The number of nitro benzene ring substituents is 1. The second-order valence-electron chi connectivity index (χ2n) is 7.63. The number of likely N-dealkylation sites (tertiary alicyclic amines) is 1. The zero-order chi connectivity index (χ0) is 21.9. The summed E-state index contributed by atoms with van der Waals surface area (Å²) in [5.74, 6) is -0.484. The molecule has 1 atom stereocenters. The van der Waals surface area contributed by atoms with Crippen LogP contribution in [-0.4, -0.2) is 47.3 Å². The average molecular weight is 428 g/mol. The van der Waals surface area contributed by atoms with E-state index in [1.807, 2.05) is 0 Å². The molecule has 2 fully saturated rings. The van der Waals surface area contributed by atoms with Gasteiger partial charge in [-0.1, -0.05) is 0 Å². The van der Waals surface area contributed by atoms with Gasteiger partial charge in [-0.05, 0) is 37.8 Å². The molecule has 1 heterocycles. The van der Waals surface area contributed by atoms with E-state index in [1.54, 1.807) is 4.90 Å². The SMILES string of the molecule is O=C(NC1CC1)C1CCCN(C(=O)CCNc2ccc(C(F)(F)F)cc2[N+](=O)[O-])C1. The molecule has 2 aliphatic rings. The number of carbonyl (C=O) groups is 2. The minimum atomic E-state index is -4.68. The minimum Gasteiger partial charge on any atom is -0.379 e. The fourth-order valence-corrected chi connectivity index (χ4v) is 3.44. The van der Waals surface area contributed by atoms with E-state index >= 15 is 0 Å². The Kier molecular flexibility index (Phi) is 6.47. The van der Waals surface area contributed by atoms with Crippen molar-refractivity contribution in [3.05, 3.63) is 33.9 Å². The summed E-state index contributed by atoms with van der Waals surface area (Å²) < 4.78 is 38.3. The van der Waals surface area contributed by atoms with E-state index in [1.165, 1.54) is 0 Å². The second kappa shape index (κ2) is 8.88. The lowest BCUT2D eigenvalue weighted by Crippen LogP contribution is -2.46. The summed E-state index contributed by atoms with van der Waals surface area (Å²) in [5, 5.41) is 16.7. The van der Waals surface area contributed by atoms with E-state index in [9.17, 15) is 32.9 Å². The van der Waals surface area contributed by atoms with Crippen LogP contribution in [0.25, 0.3) is 0 Å². The fourth-order valence-electron chi connectivity index (χ4n) is 3.44. The lowest BCUT2D eigenvalue weighted by Gasteiger charge is -2.32. The normalized spacial score (nSPS) is 19.3. The number of rotatable bonds is 7. The van der Waals surface area contributed by atoms with Crippen LogP contribution in [-0.2, 0) is 15.8 Å². The third-order valence-electron chi connectivity index (χ3n) is 5.24. The van der Waals surface area contributed by atoms with Crippen LogP contribution in [0.3, 0.4) is 0 Å². The summed E-state index contributed by atoms with van der Waals surface area (Å²) in [6, 6.07) is 2.47. The molecule has 0 bridgehead atoms. The van der Waals surface area contributed by atoms with E-state index < -0.39 is 22.4 Å². The van der Waals surface area contributed by atoms with Crippen LogP contribution < -0.4 is 10.6 Å². The highest BCUT2D eigenvalue weighted by molar-refractivity contribution is 5.82. The first kappa shape index (κ1) is 21.8. The van der Waals surface area contributed by atoms with Crippen molar-refractivity contribution in [2.75, 3.05) is 25.0 Å². The molecule has 1 aliphatic heterocycles. The first-order chi connectivity index (χ1) is 14.1. The van der Waals surface area contributed by atoms with Gasteiger partial charge in [-0.2, -0.15) is 13.2 Å². The standard InChI is InChI=1S/C19H23F3N4O4/c20-19(21,22)13-3-6-15(16(10-13)26(29)30)23-8-7-17(27)25-9-1-2-12(11-25)18(28)24-14-4-5-14/h3,6,10,12,14,23H,1-2,4-5,7-9,11H2,(H,24,28). The lowest BCUT2D eigenvalue weighted by atomic mass is 9.97. The van der Waals surface area contributed by atoms with Crippen molar-refractivity contribution in [2.24, 2.45) is 5.92 Å². The number of carbonyl (C=O) groups excluding carboxylic acids is 2. The van der Waals surface area contributed by atoms with Crippen molar-refractivity contribution >= 4 is 23.2 Å². The Morgan fingerprint density at radius 1 is 1.23 bits per heavy atom. The summed E-state index contributed by atoms with van der Waals surface area (Å²) in [6.07, 6.45) is -1.26. The molecule has 2 N–H and O–H groups in total. The van der Waals surface area contributed by atoms with Gasteiger partial charge >= 0.3 is 6.18 Å². The molecule has 1 unspecified atom stereocenters. The highest BCUT2D eigenvalue weighted by Crippen LogP contribution is 2.35. The summed E-state index contributed by atoms with van der Waals surface area (Å²) in [7, 11) is 0. The van der Waals surface area contributed by atoms with Crippen LogP contribution in [0.1, 0.15) is 37.7 Å². The lowest BCUT2D eigenvalue weighted by molar-refractivity contribution is -0.384. The topological polar surface area (TPSA) is 105 Å². The molecule has 1 aliphatic carbocycles. The first-order valence-corrected chi connectivity index (χ1v) is 9.83. The largest absolute Gasteiger partial charge is 0.416 e. The van der Waals surface area contributed by atoms with Crippen molar-refractivity contribution < 1.29 is 27.7 Å². The molecular weight excluding hydrogens is 405 g/mol. The van der Waals surface area contributed by atoms with Crippen molar-refractivity contribution in [2.45, 2.75) is 44.3 Å². The molecule has 0 radical (unpaired) electrons. The van der Waals surface area contributed by atoms with Gasteiger partial charge in [0.05, 0.1) is 16.4 Å². The Balaban J connectivity index is 1.53. The highest BCUT2D eigenvalue weighted by atomic mass is 19.4. The van der Waals surface area contributed by atoms with Crippen LogP contribution in [0.5, 0.6) is 0 Å². The van der Waals surface area contributed by atoms with E-state index in [0.717, 1.165) is 31.4 Å². The fraction of sp³-hybridized carbons (Fsp3) is 0.579. The monoisotopic (exact) mass is 428 g/mol. The maximum atomic E-state index is 12.8. The number of nitrogens with one attached hydrogen (secondary N) is 2. The van der Waals surface area contributed by atoms with Gasteiger partial charge in [-0.3, -0.25) is 19.7 Å². The second-order valence-corrected chi connectivity index (χ2v) is 7.63. The molecule has 11 heteroatoms. The van der Waals surface area contributed by atoms with Gasteiger partial charge < -0.3 is 15.5 Å². The average Bonchev–Trinajstić information content (AvgIpc) is 3.51. The van der Waals surface area contributed by atoms with Crippen LogP contribution in [0.15, 0.2) is 18.2 Å². The number of benzene rings is 1. The Hall–Kier alpha value is -2.85. The maximum Gasteiger partial charge on any atom is 0.416 e. The quantitative estimate of drug-likeness (QED) is 0.513. The molecule has 1 aromatic rings. The molecule has 0 spiro atoms. The van der Waals surface area contributed by atoms with Gasteiger partial charge in [0.15, 0.2) is 0 Å². The van der Waals surface area contributed by atoms with Crippen LogP contribution in [0.2, 0.25) is 0 Å². The minimum absolute atomic E-state index is 0.00907. The molecule has 8 nitrogen and oxygen atoms in total. The Labute approximate surface area is 170 Å². The molecule has 3 rings (SSSR count). The number of halogens is 3. The highest BCUT2D eigenvalue weighted by Gasteiger charge is 2.33. The Morgan fingerprint density at radius 2 is 1.97 bits per heavy atom. The van der Waals surface area contributed by atoms with E-state index in [4.69, 9.17) is 0 Å². The van der Waals surface area contributed by atoms with Gasteiger partial charge in [-0.25, -0.2) is 0 Å². The van der Waals surface area contributed by atoms with Gasteiger partial charge in [0.2, 0.25) is 11.8 Å². The number of anilines is 1. The Bertz CT molecular complexity index is 826. The van der Waals surface area contributed by atoms with E-state index in [-0.39, 0.29) is 42.4 Å². The van der Waals surface area contributed by atoms with Gasteiger partial charge in [0.25, 0.3) is 5.69 Å². The first-order valence-electron chi connectivity index (χ1n) is 9.83. The third kappa shape index (κ3) is 5.61. The predicted molar refractivity (Wildman–Crippen MR) is 102 cm³/mol. The molecule has 30 heavy (non-hydrogen) atoms. The smallest absolute Gasteiger partial charge is 0.379 e. The van der Waals surface area contributed by atoms with Crippen LogP contribution in [0, 0.1) is 16.0 Å². The van der Waals surface area contributed by atoms with Crippen molar-refractivity contribution in [1.82, 2.24) is 10.2 Å². The van der Waals surface area contributed by atoms with Crippen molar-refractivity contribution in [3.63, 3.8) is 0 Å². The summed E-state index contributed by atoms with van der Waals surface area (Å²) in [5.41, 5.74) is -1.90. The van der Waals surface area contributed by atoms with Gasteiger partial charge in [0.1, 0.15) is 5.69 Å². The van der Waals surface area contributed by atoms with Crippen molar-refractivity contribution in [1.29, 1.82) is 0 Å². The summed E-state index contributed by atoms with van der Waals surface area (Å²) in [4.78, 5) is 36.5. The summed E-state index contributed by atoms with van der Waals surface area (Å²) in [6.45, 7) is 0.894. The number of piperidine rings is 1. The number of hydrogen-bond acceptors (Lipinski definition) is 5. The number of nitrogens with zero attached hydrogens (tertiary/aromatic N) is 2. The van der Waals surface area contributed by atoms with Gasteiger partial charge in [-0.15, -0.1) is 0 Å². The number of nitro groups is 1. The molecule has 1 saturated heterocycles. The van der Waals surface area contributed by atoms with Crippen LogP contribution in [0.4, 0.5) is 24.5 Å². The van der Waals surface area contributed by atoms with Crippen molar-refractivity contribution in [3.8, 4) is 0 Å². The molecule has 1 saturated carbocycles. The maximum absolute atomic E-state index is 12.8. The number of amides is 2. The molecule has 0 aromatic heterocycles. The van der Waals surface area contributed by atoms with E-state index in [2.05, 4.69) is 10.6 Å². The molecule has 1 aromatic carbocycles. The summed E-state index contributed by atoms with van der Waals surface area (Å²) >= 11 is 0. The van der Waals surface area contributed by atoms with Crippen LogP contribution >= 0.6 is 0 Å². The number of alkyl halides is 3. The zero-order valence-electron chi connectivity index (χ0n) is 16.2. The molecule has 164 valence electrons. The zero-order valence-corrected chi connectivity index (χ0v) is 16.2. The third-order valence-corrected chi connectivity index (χ3v) is 5.24.